The Balaban J connectivity index is 1.85. The second-order valence-electron chi connectivity index (χ2n) is 5.10. The summed E-state index contributed by atoms with van der Waals surface area (Å²) >= 11 is 0. The molecule has 2 unspecified atom stereocenters. The Morgan fingerprint density at radius 2 is 2.05 bits per heavy atom. The molecule has 20 heavy (non-hydrogen) atoms. The number of nitrogens with one attached hydrogen (secondary N) is 2. The Bertz CT molecular complexity index is 433. The summed E-state index contributed by atoms with van der Waals surface area (Å²) in [6.45, 7) is 4.84. The van der Waals surface area contributed by atoms with Crippen molar-refractivity contribution in [1.29, 1.82) is 0 Å². The molecule has 0 bridgehead atoms. The molecule has 1 aromatic carbocycles. The lowest BCUT2D eigenvalue weighted by Gasteiger charge is -2.14. The monoisotopic (exact) mass is 278 g/mol. The molecule has 110 valence electrons. The first-order chi connectivity index (χ1) is 9.70. The number of amides is 1. The molecule has 1 amide bonds. The maximum absolute atomic E-state index is 12.1. The van der Waals surface area contributed by atoms with E-state index in [1.807, 2.05) is 24.3 Å². The molecular formula is C15H22N2O3. The summed E-state index contributed by atoms with van der Waals surface area (Å²) in [5, 5.41) is 6.18. The molecule has 1 aromatic rings. The summed E-state index contributed by atoms with van der Waals surface area (Å²) in [6, 6.07) is 7.41. The maximum Gasteiger partial charge on any atom is 0.229 e. The van der Waals surface area contributed by atoms with Gasteiger partial charge in [0.25, 0.3) is 0 Å². The van der Waals surface area contributed by atoms with Crippen LogP contribution in [0.15, 0.2) is 24.3 Å². The Morgan fingerprint density at radius 1 is 1.30 bits per heavy atom. The minimum Gasteiger partial charge on any atom is -0.491 e. The van der Waals surface area contributed by atoms with Crippen LogP contribution in [-0.2, 0) is 9.53 Å². The molecule has 1 aliphatic rings. The second-order valence-corrected chi connectivity index (χ2v) is 5.10. The third-order valence-electron chi connectivity index (χ3n) is 3.53. The molecule has 2 rings (SSSR count). The number of carbonyl (C=O) groups is 1. The van der Waals surface area contributed by atoms with E-state index in [0.29, 0.717) is 19.1 Å². The lowest BCUT2D eigenvalue weighted by molar-refractivity contribution is -0.120. The summed E-state index contributed by atoms with van der Waals surface area (Å²) < 4.78 is 10.4. The molecule has 1 saturated heterocycles. The van der Waals surface area contributed by atoms with Crippen LogP contribution in [0.3, 0.4) is 0 Å². The van der Waals surface area contributed by atoms with Crippen molar-refractivity contribution in [3.05, 3.63) is 24.3 Å². The first-order valence-electron chi connectivity index (χ1n) is 6.94. The standard InChI is InChI=1S/C15H22N2O3/c1-11-9-16-10-14(11)15(18)17-12-3-5-13(6-4-12)20-8-7-19-2/h3-6,11,14,16H,7-10H2,1-2H3,(H,17,18). The van der Waals surface area contributed by atoms with Gasteiger partial charge in [-0.25, -0.2) is 0 Å². The van der Waals surface area contributed by atoms with E-state index >= 15 is 0 Å². The lowest BCUT2D eigenvalue weighted by atomic mass is 9.97. The third-order valence-corrected chi connectivity index (χ3v) is 3.53. The van der Waals surface area contributed by atoms with Gasteiger partial charge in [-0.1, -0.05) is 6.92 Å². The van der Waals surface area contributed by atoms with Gasteiger partial charge >= 0.3 is 0 Å². The highest BCUT2D eigenvalue weighted by Crippen LogP contribution is 2.20. The van der Waals surface area contributed by atoms with Gasteiger partial charge in [0.2, 0.25) is 5.91 Å². The zero-order valence-electron chi connectivity index (χ0n) is 12.0. The van der Waals surface area contributed by atoms with Crippen LogP contribution in [-0.4, -0.2) is 39.3 Å². The molecule has 1 fully saturated rings. The van der Waals surface area contributed by atoms with E-state index < -0.39 is 0 Å². The van der Waals surface area contributed by atoms with Crippen molar-refractivity contribution < 1.29 is 14.3 Å². The molecule has 5 nitrogen and oxygen atoms in total. The Morgan fingerprint density at radius 3 is 2.65 bits per heavy atom. The van der Waals surface area contributed by atoms with Gasteiger partial charge in [0.1, 0.15) is 12.4 Å². The normalized spacial score (nSPS) is 21.7. The molecule has 2 atom stereocenters. The first-order valence-corrected chi connectivity index (χ1v) is 6.94. The van der Waals surface area contributed by atoms with Crippen molar-refractivity contribution >= 4 is 11.6 Å². The number of benzene rings is 1. The van der Waals surface area contributed by atoms with E-state index in [9.17, 15) is 4.79 Å². The van der Waals surface area contributed by atoms with Crippen molar-refractivity contribution in [2.24, 2.45) is 11.8 Å². The van der Waals surface area contributed by atoms with Crippen LogP contribution in [0.2, 0.25) is 0 Å². The second kappa shape index (κ2) is 7.26. The smallest absolute Gasteiger partial charge is 0.229 e. The van der Waals surface area contributed by atoms with Crippen LogP contribution in [0.1, 0.15) is 6.92 Å². The highest BCUT2D eigenvalue weighted by Gasteiger charge is 2.29. The summed E-state index contributed by atoms with van der Waals surface area (Å²) in [5.74, 6) is 1.28. The zero-order valence-corrected chi connectivity index (χ0v) is 12.0. The fraction of sp³-hybridized carbons (Fsp3) is 0.533. The summed E-state index contributed by atoms with van der Waals surface area (Å²) in [5.41, 5.74) is 0.799. The van der Waals surface area contributed by atoms with Crippen molar-refractivity contribution in [2.45, 2.75) is 6.92 Å². The van der Waals surface area contributed by atoms with Crippen LogP contribution in [0.4, 0.5) is 5.69 Å². The molecule has 5 heteroatoms. The predicted octanol–water partition coefficient (Wildman–Crippen LogP) is 1.51. The van der Waals surface area contributed by atoms with Crippen LogP contribution >= 0.6 is 0 Å². The Kier molecular flexibility index (Phi) is 5.38. The van der Waals surface area contributed by atoms with E-state index in [0.717, 1.165) is 24.5 Å². The average Bonchev–Trinajstić information content (AvgIpc) is 2.87. The molecule has 0 saturated carbocycles. The molecular weight excluding hydrogens is 256 g/mol. The van der Waals surface area contributed by atoms with Gasteiger partial charge in [-0.2, -0.15) is 0 Å². The Labute approximate surface area is 119 Å². The van der Waals surface area contributed by atoms with Gasteiger partial charge < -0.3 is 20.1 Å². The number of anilines is 1. The van der Waals surface area contributed by atoms with Gasteiger partial charge in [-0.15, -0.1) is 0 Å². The van der Waals surface area contributed by atoms with Crippen molar-refractivity contribution in [1.82, 2.24) is 5.32 Å². The Hall–Kier alpha value is -1.59. The highest BCUT2D eigenvalue weighted by atomic mass is 16.5. The molecule has 0 aromatic heterocycles. The van der Waals surface area contributed by atoms with Crippen molar-refractivity contribution in [2.75, 3.05) is 38.7 Å². The lowest BCUT2D eigenvalue weighted by Crippen LogP contribution is -2.27. The summed E-state index contributed by atoms with van der Waals surface area (Å²) in [4.78, 5) is 12.1. The minimum atomic E-state index is 0.0487. The predicted molar refractivity (Wildman–Crippen MR) is 78.0 cm³/mol. The van der Waals surface area contributed by atoms with Crippen LogP contribution < -0.4 is 15.4 Å². The van der Waals surface area contributed by atoms with Gasteiger partial charge in [0.05, 0.1) is 12.5 Å². The first kappa shape index (κ1) is 14.8. The van der Waals surface area contributed by atoms with Gasteiger partial charge in [-0.3, -0.25) is 4.79 Å². The van der Waals surface area contributed by atoms with E-state index in [1.54, 1.807) is 7.11 Å². The van der Waals surface area contributed by atoms with Crippen molar-refractivity contribution in [3.63, 3.8) is 0 Å². The number of rotatable bonds is 6. The number of hydrogen-bond donors (Lipinski definition) is 2. The SMILES string of the molecule is COCCOc1ccc(NC(=O)C2CNCC2C)cc1. The molecule has 0 radical (unpaired) electrons. The molecule has 1 aliphatic heterocycles. The zero-order chi connectivity index (χ0) is 14.4. The molecule has 0 aliphatic carbocycles. The number of methoxy groups -OCH3 is 1. The maximum atomic E-state index is 12.1. The molecule has 2 N–H and O–H groups in total. The quantitative estimate of drug-likeness (QED) is 0.774. The third kappa shape index (κ3) is 3.95. The fourth-order valence-corrected chi connectivity index (χ4v) is 2.27. The van der Waals surface area contributed by atoms with Crippen molar-refractivity contribution in [3.8, 4) is 5.75 Å². The average molecular weight is 278 g/mol. The fourth-order valence-electron chi connectivity index (χ4n) is 2.27. The summed E-state index contributed by atoms with van der Waals surface area (Å²) in [6.07, 6.45) is 0. The highest BCUT2D eigenvalue weighted by molar-refractivity contribution is 5.93. The number of ether oxygens (including phenoxy) is 2. The van der Waals surface area contributed by atoms with Crippen LogP contribution in [0.5, 0.6) is 5.75 Å². The van der Waals surface area contributed by atoms with E-state index in [-0.39, 0.29) is 11.8 Å². The topological polar surface area (TPSA) is 59.6 Å². The van der Waals surface area contributed by atoms with E-state index in [1.165, 1.54) is 0 Å². The van der Waals surface area contributed by atoms with Gasteiger partial charge in [0.15, 0.2) is 0 Å². The van der Waals surface area contributed by atoms with Crippen LogP contribution in [0, 0.1) is 11.8 Å². The molecule has 0 spiro atoms. The summed E-state index contributed by atoms with van der Waals surface area (Å²) in [7, 11) is 1.64. The van der Waals surface area contributed by atoms with Crippen LogP contribution in [0.25, 0.3) is 0 Å². The van der Waals surface area contributed by atoms with E-state index in [4.69, 9.17) is 9.47 Å². The van der Waals surface area contributed by atoms with Gasteiger partial charge in [0, 0.05) is 19.3 Å². The molecule has 1 heterocycles. The minimum absolute atomic E-state index is 0.0487. The number of carbonyl (C=O) groups excluding carboxylic acids is 1. The van der Waals surface area contributed by atoms with E-state index in [2.05, 4.69) is 17.6 Å². The number of hydrogen-bond acceptors (Lipinski definition) is 4. The van der Waals surface area contributed by atoms with Gasteiger partial charge in [-0.05, 0) is 36.7 Å². The largest absolute Gasteiger partial charge is 0.491 e.